The number of rotatable bonds is 2. The Morgan fingerprint density at radius 2 is 0.773 bits per heavy atom. The zero-order chi connectivity index (χ0) is 30.5. The highest BCUT2D eigenvalue weighted by molar-refractivity contribution is 6.21. The molecule has 0 aliphatic carbocycles. The summed E-state index contributed by atoms with van der Waals surface area (Å²) in [5, 5.41) is 44.9. The Hall–Kier alpha value is -6.74. The van der Waals surface area contributed by atoms with Crippen LogP contribution in [0.5, 0.6) is 0 Å². The predicted molar refractivity (Wildman–Crippen MR) is 161 cm³/mol. The SMILES string of the molecule is N#CN=c1c2cc(-c3ccc(F)c(C#N)c3)ccc2c2cc3c(=NC#N)c4cc(-c5ccc(F)c(C#N)c5)ccc4c3cc12. The maximum absolute atomic E-state index is 14.0. The van der Waals surface area contributed by atoms with Crippen LogP contribution in [-0.4, -0.2) is 0 Å². The largest absolute Gasteiger partial charge is 0.206 e. The Kier molecular flexibility index (Phi) is 5.93. The van der Waals surface area contributed by atoms with Crippen LogP contribution >= 0.6 is 0 Å². The lowest BCUT2D eigenvalue weighted by Gasteiger charge is -2.04. The second-order valence-corrected chi connectivity index (χ2v) is 10.2. The molecule has 0 aromatic heterocycles. The molecule has 7 aromatic carbocycles. The smallest absolute Gasteiger partial charge is 0.206 e. The van der Waals surface area contributed by atoms with E-state index in [4.69, 9.17) is 0 Å². The highest BCUT2D eigenvalue weighted by atomic mass is 19.1. The van der Waals surface area contributed by atoms with Crippen LogP contribution in [0.2, 0.25) is 0 Å². The van der Waals surface area contributed by atoms with E-state index in [0.29, 0.717) is 32.6 Å². The molecule has 0 fully saturated rings. The standard InChI is InChI=1S/C36H14F2N6/c37-33-7-3-19(9-23(33)15-39)21-1-5-25-27-13-32-28(14-31(27)35(43-17-41)29(25)11-21)26-6-2-22(12-30(26)36(32)44-18-42)20-4-8-34(38)24(10-20)16-40/h1-14H. The summed E-state index contributed by atoms with van der Waals surface area (Å²) < 4.78 is 27.9. The molecule has 0 atom stereocenters. The van der Waals surface area contributed by atoms with Crippen LogP contribution in [0.3, 0.4) is 0 Å². The van der Waals surface area contributed by atoms with Crippen molar-refractivity contribution in [2.45, 2.75) is 0 Å². The van der Waals surface area contributed by atoms with Crippen molar-refractivity contribution in [3.63, 3.8) is 0 Å². The number of hydrogen-bond donors (Lipinski definition) is 0. The van der Waals surface area contributed by atoms with Crippen LogP contribution in [-0.2, 0) is 0 Å². The molecule has 7 aromatic rings. The van der Waals surface area contributed by atoms with Crippen molar-refractivity contribution in [3.05, 3.63) is 118 Å². The number of benzene rings is 5. The molecule has 8 heteroatoms. The molecule has 7 rings (SSSR count). The first-order valence-electron chi connectivity index (χ1n) is 13.3. The lowest BCUT2D eigenvalue weighted by Crippen LogP contribution is -1.99. The van der Waals surface area contributed by atoms with Gasteiger partial charge in [-0.3, -0.25) is 0 Å². The van der Waals surface area contributed by atoms with Crippen LogP contribution in [0.1, 0.15) is 11.1 Å². The Morgan fingerprint density at radius 1 is 0.409 bits per heavy atom. The van der Waals surface area contributed by atoms with Gasteiger partial charge in [0.25, 0.3) is 0 Å². The fourth-order valence-corrected chi connectivity index (χ4v) is 5.96. The highest BCUT2D eigenvalue weighted by Crippen LogP contribution is 2.35. The van der Waals surface area contributed by atoms with Gasteiger partial charge < -0.3 is 0 Å². The number of nitriles is 4. The van der Waals surface area contributed by atoms with Gasteiger partial charge in [0.2, 0.25) is 12.4 Å². The lowest BCUT2D eigenvalue weighted by atomic mass is 10.0. The van der Waals surface area contributed by atoms with E-state index in [1.54, 1.807) is 12.1 Å². The van der Waals surface area contributed by atoms with Gasteiger partial charge in [-0.2, -0.15) is 31.0 Å². The number of hydrogen-bond acceptors (Lipinski definition) is 6. The van der Waals surface area contributed by atoms with E-state index in [0.717, 1.165) is 43.4 Å². The molecular formula is C36H14F2N6. The third-order valence-electron chi connectivity index (χ3n) is 7.96. The molecule has 202 valence electrons. The van der Waals surface area contributed by atoms with Gasteiger partial charge in [0, 0.05) is 21.5 Å². The van der Waals surface area contributed by atoms with Gasteiger partial charge in [-0.25, -0.2) is 8.78 Å². The summed E-state index contributed by atoms with van der Waals surface area (Å²) in [7, 11) is 0. The molecule has 6 nitrogen and oxygen atoms in total. The normalized spacial score (nSPS) is 12.0. The Bertz CT molecular complexity index is 2500. The fourth-order valence-electron chi connectivity index (χ4n) is 5.96. The lowest BCUT2D eigenvalue weighted by molar-refractivity contribution is 0.624. The Morgan fingerprint density at radius 3 is 1.16 bits per heavy atom. The van der Waals surface area contributed by atoms with Crippen molar-refractivity contribution < 1.29 is 8.78 Å². The van der Waals surface area contributed by atoms with E-state index in [2.05, 4.69) is 9.98 Å². The monoisotopic (exact) mass is 568 g/mol. The van der Waals surface area contributed by atoms with Gasteiger partial charge >= 0.3 is 0 Å². The average Bonchev–Trinajstić information content (AvgIpc) is 3.51. The molecule has 0 aliphatic heterocycles. The predicted octanol–water partition coefficient (Wildman–Crippen LogP) is 7.29. The molecule has 0 bridgehead atoms. The van der Waals surface area contributed by atoms with E-state index >= 15 is 0 Å². The molecule has 0 radical (unpaired) electrons. The second kappa shape index (κ2) is 9.97. The summed E-state index contributed by atoms with van der Waals surface area (Å²) in [6, 6.07) is 27.5. The van der Waals surface area contributed by atoms with Crippen molar-refractivity contribution >= 4 is 43.1 Å². The number of fused-ring (bicyclic) bond motifs is 6. The van der Waals surface area contributed by atoms with Gasteiger partial charge in [-0.1, -0.05) is 36.4 Å². The molecule has 0 spiro atoms. The van der Waals surface area contributed by atoms with E-state index in [1.807, 2.05) is 73.1 Å². The zero-order valence-electron chi connectivity index (χ0n) is 22.5. The van der Waals surface area contributed by atoms with Gasteiger partial charge in [-0.05, 0) is 92.3 Å². The molecule has 0 aliphatic rings. The van der Waals surface area contributed by atoms with Crippen molar-refractivity contribution in [3.8, 4) is 46.8 Å². The maximum atomic E-state index is 14.0. The van der Waals surface area contributed by atoms with E-state index in [-0.39, 0.29) is 11.1 Å². The first-order valence-corrected chi connectivity index (χ1v) is 13.3. The topological polar surface area (TPSA) is 120 Å². The van der Waals surface area contributed by atoms with E-state index in [1.165, 1.54) is 24.3 Å². The number of nitrogens with zero attached hydrogens (tertiary/aromatic N) is 6. The van der Waals surface area contributed by atoms with Crippen LogP contribution in [0.25, 0.3) is 65.3 Å². The van der Waals surface area contributed by atoms with Crippen LogP contribution in [0.15, 0.2) is 94.9 Å². The fraction of sp³-hybridized carbons (Fsp3) is 0. The molecule has 0 N–H and O–H groups in total. The average molecular weight is 569 g/mol. The summed E-state index contributed by atoms with van der Waals surface area (Å²) in [5.41, 5.74) is 2.63. The van der Waals surface area contributed by atoms with Crippen molar-refractivity contribution in [1.29, 1.82) is 21.0 Å². The van der Waals surface area contributed by atoms with Crippen LogP contribution in [0.4, 0.5) is 8.78 Å². The maximum Gasteiger partial charge on any atom is 0.206 e. The minimum Gasteiger partial charge on any atom is -0.206 e. The van der Waals surface area contributed by atoms with E-state index < -0.39 is 11.6 Å². The third kappa shape index (κ3) is 3.88. The molecule has 0 saturated carbocycles. The first kappa shape index (κ1) is 26.2. The summed E-state index contributed by atoms with van der Waals surface area (Å²) in [4.78, 5) is 8.35. The zero-order valence-corrected chi connectivity index (χ0v) is 22.5. The van der Waals surface area contributed by atoms with Gasteiger partial charge in [-0.15, -0.1) is 0 Å². The summed E-state index contributed by atoms with van der Waals surface area (Å²) in [6.07, 6.45) is 3.82. The first-order chi connectivity index (χ1) is 21.4. The molecular weight excluding hydrogens is 554 g/mol. The summed E-state index contributed by atoms with van der Waals surface area (Å²) >= 11 is 0. The van der Waals surface area contributed by atoms with Crippen LogP contribution in [0, 0.1) is 57.2 Å². The third-order valence-corrected chi connectivity index (χ3v) is 7.96. The second-order valence-electron chi connectivity index (χ2n) is 10.2. The Balaban J connectivity index is 1.52. The van der Waals surface area contributed by atoms with Crippen molar-refractivity contribution in [1.82, 2.24) is 0 Å². The van der Waals surface area contributed by atoms with Gasteiger partial charge in [0.1, 0.15) is 23.8 Å². The highest BCUT2D eigenvalue weighted by Gasteiger charge is 2.17. The van der Waals surface area contributed by atoms with Crippen molar-refractivity contribution in [2.24, 2.45) is 9.98 Å². The van der Waals surface area contributed by atoms with Crippen molar-refractivity contribution in [2.75, 3.05) is 0 Å². The minimum absolute atomic E-state index is 0.0651. The minimum atomic E-state index is -0.599. The molecule has 44 heavy (non-hydrogen) atoms. The summed E-state index contributed by atoms with van der Waals surface area (Å²) in [6.45, 7) is 0. The molecule has 0 heterocycles. The molecule has 0 unspecified atom stereocenters. The summed E-state index contributed by atoms with van der Waals surface area (Å²) in [5.74, 6) is -1.20. The molecule has 0 amide bonds. The molecule has 0 saturated heterocycles. The number of halogens is 2. The quantitative estimate of drug-likeness (QED) is 0.203. The van der Waals surface area contributed by atoms with E-state index in [9.17, 15) is 29.8 Å². The Labute approximate surface area is 247 Å². The van der Waals surface area contributed by atoms with Gasteiger partial charge in [0.15, 0.2) is 0 Å². The van der Waals surface area contributed by atoms with Gasteiger partial charge in [0.05, 0.1) is 21.8 Å². The van der Waals surface area contributed by atoms with Crippen LogP contribution < -0.4 is 10.7 Å².